The number of nitrogens with one attached hydrogen (secondary N) is 1. The van der Waals surface area contributed by atoms with Crippen LogP contribution in [-0.2, 0) is 11.3 Å². The number of rotatable bonds is 6. The Kier molecular flexibility index (Phi) is 6.45. The summed E-state index contributed by atoms with van der Waals surface area (Å²) < 4.78 is 23.3. The minimum Gasteiger partial charge on any atom is -0.495 e. The molecular formula is C27H24FN5O4S. The van der Waals surface area contributed by atoms with Gasteiger partial charge in [0.1, 0.15) is 22.9 Å². The number of imidazole rings is 1. The summed E-state index contributed by atoms with van der Waals surface area (Å²) in [4.78, 5) is 45.0. The van der Waals surface area contributed by atoms with Gasteiger partial charge in [0, 0.05) is 18.1 Å². The molecule has 0 spiro atoms. The van der Waals surface area contributed by atoms with E-state index in [9.17, 15) is 18.8 Å². The summed E-state index contributed by atoms with van der Waals surface area (Å²) in [7, 11) is 3.05. The average Bonchev–Trinajstić information content (AvgIpc) is 3.50. The Labute approximate surface area is 220 Å². The maximum absolute atomic E-state index is 13.7. The zero-order chi connectivity index (χ0) is 27.1. The number of fused-ring (bicyclic) bond motifs is 1. The van der Waals surface area contributed by atoms with Crippen LogP contribution in [0.4, 0.5) is 4.39 Å². The second-order valence-corrected chi connectivity index (χ2v) is 9.70. The highest BCUT2D eigenvalue weighted by Gasteiger charge is 2.23. The van der Waals surface area contributed by atoms with Crippen LogP contribution in [0.15, 0.2) is 64.6 Å². The molecule has 0 atom stereocenters. The largest absolute Gasteiger partial charge is 0.495 e. The quantitative estimate of drug-likeness (QED) is 0.360. The number of thiophene rings is 1. The van der Waals surface area contributed by atoms with Crippen molar-refractivity contribution in [2.75, 3.05) is 14.2 Å². The molecule has 1 N–H and O–H groups in total. The predicted octanol–water partition coefficient (Wildman–Crippen LogP) is 3.58. The molecule has 0 aliphatic carbocycles. The monoisotopic (exact) mass is 533 g/mol. The molecule has 3 aromatic heterocycles. The van der Waals surface area contributed by atoms with E-state index < -0.39 is 23.0 Å². The number of halogens is 1. The number of aromatic nitrogens is 4. The normalized spacial score (nSPS) is 11.2. The van der Waals surface area contributed by atoms with Gasteiger partial charge < -0.3 is 14.6 Å². The number of aryl methyl sites for hydroxylation is 2. The molecule has 0 bridgehead atoms. The Morgan fingerprint density at radius 3 is 2.50 bits per heavy atom. The third-order valence-corrected chi connectivity index (χ3v) is 7.67. The van der Waals surface area contributed by atoms with E-state index in [1.54, 1.807) is 20.4 Å². The zero-order valence-corrected chi connectivity index (χ0v) is 21.9. The smallest absolute Gasteiger partial charge is 0.337 e. The van der Waals surface area contributed by atoms with Crippen LogP contribution in [0.5, 0.6) is 5.75 Å². The van der Waals surface area contributed by atoms with E-state index in [-0.39, 0.29) is 12.2 Å². The molecule has 38 heavy (non-hydrogen) atoms. The SMILES string of the molecule is CNC(=O)Cn1c(=O)n(-c2ccc(F)cc2)c(=O)c2c(C)c(-c3ccc(-n4cnc(C)c4)c(OC)c3)sc21. The minimum absolute atomic E-state index is 0.211. The van der Waals surface area contributed by atoms with E-state index in [4.69, 9.17) is 4.74 Å². The van der Waals surface area contributed by atoms with E-state index >= 15 is 0 Å². The number of amides is 1. The summed E-state index contributed by atoms with van der Waals surface area (Å²) in [5.74, 6) is -0.291. The van der Waals surface area contributed by atoms with Crippen LogP contribution in [-0.4, -0.2) is 38.7 Å². The third-order valence-electron chi connectivity index (χ3n) is 6.31. The summed E-state index contributed by atoms with van der Waals surface area (Å²) >= 11 is 1.25. The molecule has 0 aliphatic heterocycles. The molecule has 0 saturated heterocycles. The maximum atomic E-state index is 13.7. The lowest BCUT2D eigenvalue weighted by molar-refractivity contribution is -0.121. The van der Waals surface area contributed by atoms with Crippen LogP contribution in [0.3, 0.4) is 0 Å². The van der Waals surface area contributed by atoms with Crippen molar-refractivity contribution in [2.45, 2.75) is 20.4 Å². The van der Waals surface area contributed by atoms with Crippen molar-refractivity contribution < 1.29 is 13.9 Å². The summed E-state index contributed by atoms with van der Waals surface area (Å²) in [6.07, 6.45) is 3.59. The fraction of sp³-hybridized carbons (Fsp3) is 0.185. The van der Waals surface area contributed by atoms with E-state index in [1.807, 2.05) is 35.9 Å². The highest BCUT2D eigenvalue weighted by Crippen LogP contribution is 2.39. The number of methoxy groups -OCH3 is 1. The number of nitrogens with zero attached hydrogens (tertiary/aromatic N) is 4. The number of carbonyl (C=O) groups is 1. The van der Waals surface area contributed by atoms with Crippen molar-refractivity contribution in [3.63, 3.8) is 0 Å². The van der Waals surface area contributed by atoms with E-state index in [0.717, 1.165) is 26.4 Å². The van der Waals surface area contributed by atoms with E-state index in [2.05, 4.69) is 10.3 Å². The van der Waals surface area contributed by atoms with Crippen molar-refractivity contribution in [2.24, 2.45) is 0 Å². The molecule has 194 valence electrons. The topological polar surface area (TPSA) is 100 Å². The lowest BCUT2D eigenvalue weighted by Gasteiger charge is -2.11. The first-order valence-corrected chi connectivity index (χ1v) is 12.5. The van der Waals surface area contributed by atoms with Crippen LogP contribution in [0.25, 0.3) is 32.0 Å². The van der Waals surface area contributed by atoms with Crippen molar-refractivity contribution in [3.8, 4) is 27.6 Å². The summed E-state index contributed by atoms with van der Waals surface area (Å²) in [5.41, 5.74) is 2.09. The Hall–Kier alpha value is -4.51. The van der Waals surface area contributed by atoms with Crippen molar-refractivity contribution in [3.05, 3.63) is 92.9 Å². The van der Waals surface area contributed by atoms with Gasteiger partial charge in [-0.3, -0.25) is 14.2 Å². The van der Waals surface area contributed by atoms with Crippen molar-refractivity contribution in [1.29, 1.82) is 0 Å². The van der Waals surface area contributed by atoms with Crippen LogP contribution in [0.2, 0.25) is 0 Å². The van der Waals surface area contributed by atoms with Gasteiger partial charge in [0.25, 0.3) is 5.56 Å². The zero-order valence-electron chi connectivity index (χ0n) is 21.1. The van der Waals surface area contributed by atoms with Gasteiger partial charge >= 0.3 is 5.69 Å². The second-order valence-electron chi connectivity index (χ2n) is 8.70. The molecule has 0 radical (unpaired) electrons. The number of carbonyl (C=O) groups excluding carboxylic acids is 1. The van der Waals surface area contributed by atoms with Crippen LogP contribution in [0.1, 0.15) is 11.3 Å². The first-order chi connectivity index (χ1) is 18.2. The molecule has 0 saturated carbocycles. The number of ether oxygens (including phenoxy) is 1. The molecule has 5 aromatic rings. The van der Waals surface area contributed by atoms with Gasteiger partial charge in [-0.1, -0.05) is 6.07 Å². The molecule has 0 aliphatic rings. The van der Waals surface area contributed by atoms with Gasteiger partial charge in [0.15, 0.2) is 0 Å². The lowest BCUT2D eigenvalue weighted by atomic mass is 10.1. The van der Waals surface area contributed by atoms with Crippen LogP contribution >= 0.6 is 11.3 Å². The summed E-state index contributed by atoms with van der Waals surface area (Å²) in [6, 6.07) is 10.7. The number of likely N-dealkylation sites (N-methyl/N-ethyl adjacent to an activating group) is 1. The number of hydrogen-bond acceptors (Lipinski definition) is 6. The molecular weight excluding hydrogens is 509 g/mol. The fourth-order valence-corrected chi connectivity index (χ4v) is 5.68. The fourth-order valence-electron chi connectivity index (χ4n) is 4.39. The van der Waals surface area contributed by atoms with Crippen molar-refractivity contribution in [1.82, 2.24) is 24.0 Å². The standard InChI is InChI=1S/C27H24FN5O4S/c1-15-12-31(14-30-15)20-10-5-17(11-21(20)37-4)24-16(2)23-25(35)33(19-8-6-18(28)7-9-19)27(36)32(26(23)38-24)13-22(34)29-3/h5-12,14H,13H2,1-4H3,(H,29,34). The van der Waals surface area contributed by atoms with Gasteiger partial charge in [-0.2, -0.15) is 0 Å². The van der Waals surface area contributed by atoms with Crippen LogP contribution < -0.4 is 21.3 Å². The molecule has 0 unspecified atom stereocenters. The Morgan fingerprint density at radius 1 is 1.13 bits per heavy atom. The summed E-state index contributed by atoms with van der Waals surface area (Å²) in [6.45, 7) is 3.42. The lowest BCUT2D eigenvalue weighted by Crippen LogP contribution is -2.41. The first kappa shape index (κ1) is 25.2. The molecule has 5 rings (SSSR count). The molecule has 3 heterocycles. The Bertz CT molecular complexity index is 1810. The predicted molar refractivity (Wildman–Crippen MR) is 144 cm³/mol. The molecule has 0 fully saturated rings. The van der Waals surface area contributed by atoms with Gasteiger partial charge in [-0.15, -0.1) is 11.3 Å². The Morgan fingerprint density at radius 2 is 1.87 bits per heavy atom. The van der Waals surface area contributed by atoms with E-state index in [0.29, 0.717) is 21.5 Å². The third kappa shape index (κ3) is 4.20. The summed E-state index contributed by atoms with van der Waals surface area (Å²) in [5, 5.41) is 2.83. The van der Waals surface area contributed by atoms with Crippen LogP contribution in [0, 0.1) is 19.7 Å². The number of hydrogen-bond donors (Lipinski definition) is 1. The molecule has 9 nitrogen and oxygen atoms in total. The molecule has 1 amide bonds. The van der Waals surface area contributed by atoms with Gasteiger partial charge in [0.2, 0.25) is 5.91 Å². The van der Waals surface area contributed by atoms with Crippen molar-refractivity contribution >= 4 is 27.5 Å². The van der Waals surface area contributed by atoms with Gasteiger partial charge in [-0.05, 0) is 61.4 Å². The Balaban J connectivity index is 1.76. The minimum atomic E-state index is -0.686. The molecule has 11 heteroatoms. The first-order valence-electron chi connectivity index (χ1n) is 11.7. The highest BCUT2D eigenvalue weighted by atomic mass is 32.1. The molecule has 2 aromatic carbocycles. The van der Waals surface area contributed by atoms with Gasteiger partial charge in [-0.25, -0.2) is 18.7 Å². The number of benzene rings is 2. The highest BCUT2D eigenvalue weighted by molar-refractivity contribution is 7.22. The van der Waals surface area contributed by atoms with E-state index in [1.165, 1.54) is 47.2 Å². The maximum Gasteiger partial charge on any atom is 0.337 e. The second kappa shape index (κ2) is 9.75. The van der Waals surface area contributed by atoms with Gasteiger partial charge in [0.05, 0.1) is 35.9 Å². The average molecular weight is 534 g/mol.